The van der Waals surface area contributed by atoms with Crippen LogP contribution in [0.25, 0.3) is 0 Å². The van der Waals surface area contributed by atoms with Crippen LogP contribution in [0.4, 0.5) is 0 Å². The molecule has 2 aromatic carbocycles. The fourth-order valence-electron chi connectivity index (χ4n) is 1.10. The van der Waals surface area contributed by atoms with Gasteiger partial charge < -0.3 is 9.11 Å². The molecule has 2 radical (unpaired) electrons. The predicted octanol–water partition coefficient (Wildman–Crippen LogP) is 4.63. The first-order chi connectivity index (χ1) is 10.8. The summed E-state index contributed by atoms with van der Waals surface area (Å²) in [5.74, 6) is 0. The van der Waals surface area contributed by atoms with Crippen molar-refractivity contribution < 1.29 is 17.5 Å². The van der Waals surface area contributed by atoms with E-state index >= 15 is 0 Å². The van der Waals surface area contributed by atoms with Crippen molar-refractivity contribution in [1.29, 1.82) is 0 Å². The van der Waals surface area contributed by atoms with Crippen LogP contribution in [0.1, 0.15) is 0 Å². The molecule has 0 aliphatic heterocycles. The topological polar surface area (TPSA) is 74.6 Å². The third-order valence-electron chi connectivity index (χ3n) is 2.03. The first-order valence-electron chi connectivity index (χ1n) is 6.13. The maximum absolute atomic E-state index is 10.4. The molecule has 0 aliphatic carbocycles. The molecule has 0 bridgehead atoms. The SMILES string of the molecule is O=S(O)c1ccc(Cl)cc1.O=S(O)c1ccc(Cl)cc1.[CH3][Sn][CH3]. The molecule has 2 rings (SSSR count). The van der Waals surface area contributed by atoms with Crippen molar-refractivity contribution in [2.24, 2.45) is 0 Å². The van der Waals surface area contributed by atoms with Crippen LogP contribution in [0.3, 0.4) is 0 Å². The summed E-state index contributed by atoms with van der Waals surface area (Å²) >= 11 is 7.51. The number of hydrogen-bond donors (Lipinski definition) is 2. The molecule has 2 N–H and O–H groups in total. The van der Waals surface area contributed by atoms with Gasteiger partial charge in [0.15, 0.2) is 22.2 Å². The predicted molar refractivity (Wildman–Crippen MR) is 98.5 cm³/mol. The average Bonchev–Trinajstić information content (AvgIpc) is 2.49. The summed E-state index contributed by atoms with van der Waals surface area (Å²) in [6, 6.07) is 12.3. The van der Waals surface area contributed by atoms with Gasteiger partial charge in [0.2, 0.25) is 0 Å². The van der Waals surface area contributed by atoms with E-state index in [1.165, 1.54) is 24.3 Å². The minimum absolute atomic E-state index is 0.230. The molecule has 0 aliphatic rings. The van der Waals surface area contributed by atoms with Crippen molar-refractivity contribution >= 4 is 66.5 Å². The van der Waals surface area contributed by atoms with Crippen molar-refractivity contribution in [3.63, 3.8) is 0 Å². The van der Waals surface area contributed by atoms with Gasteiger partial charge in [-0.05, 0) is 48.5 Å². The van der Waals surface area contributed by atoms with Gasteiger partial charge in [-0.25, -0.2) is 8.42 Å². The van der Waals surface area contributed by atoms with E-state index in [1.54, 1.807) is 24.3 Å². The molecular weight excluding hydrogens is 486 g/mol. The molecule has 126 valence electrons. The van der Waals surface area contributed by atoms with Gasteiger partial charge in [-0.2, -0.15) is 0 Å². The molecule has 0 saturated carbocycles. The minimum atomic E-state index is -1.90. The first kappa shape index (κ1) is 23.0. The van der Waals surface area contributed by atoms with E-state index in [1.807, 2.05) is 0 Å². The summed E-state index contributed by atoms with van der Waals surface area (Å²) < 4.78 is 37.8. The van der Waals surface area contributed by atoms with Crippen molar-refractivity contribution in [3.8, 4) is 0 Å². The summed E-state index contributed by atoms with van der Waals surface area (Å²) in [6.45, 7) is 0. The molecular formula is C14H16Cl2O4S2Sn. The molecule has 0 saturated heterocycles. The Labute approximate surface area is 161 Å². The standard InChI is InChI=1S/2C6H5ClO2S.2CH3.Sn/c2*7-5-1-3-6(4-2-5)10(8)9;;;/h2*1-4H,(H,8,9);2*1H3;. The third-order valence-corrected chi connectivity index (χ3v) is 3.89. The third kappa shape index (κ3) is 11.3. The van der Waals surface area contributed by atoms with E-state index in [2.05, 4.69) is 9.88 Å². The molecule has 0 fully saturated rings. The molecule has 2 unspecified atom stereocenters. The molecule has 0 spiro atoms. The Hall–Kier alpha value is 0.0387. The normalized spacial score (nSPS) is 12.1. The van der Waals surface area contributed by atoms with Gasteiger partial charge in [-0.15, -0.1) is 0 Å². The Morgan fingerprint density at radius 3 is 1.13 bits per heavy atom. The molecule has 9 heteroatoms. The number of halogens is 2. The molecule has 2 aromatic rings. The summed E-state index contributed by atoms with van der Waals surface area (Å²) in [7, 11) is 0. The number of rotatable bonds is 2. The number of hydrogen-bond acceptors (Lipinski definition) is 2. The Kier molecular flexibility index (Phi) is 13.4. The van der Waals surface area contributed by atoms with E-state index < -0.39 is 22.2 Å². The summed E-state index contributed by atoms with van der Waals surface area (Å²) in [6.07, 6.45) is 0. The van der Waals surface area contributed by atoms with E-state index in [-0.39, 0.29) is 21.1 Å². The van der Waals surface area contributed by atoms with E-state index in [0.717, 1.165) is 0 Å². The quantitative estimate of drug-likeness (QED) is 0.465. The van der Waals surface area contributed by atoms with Crippen LogP contribution in [0, 0.1) is 0 Å². The Bertz CT molecular complexity index is 566. The molecule has 0 amide bonds. The first-order valence-corrected chi connectivity index (χ1v) is 14.8. The van der Waals surface area contributed by atoms with Crippen molar-refractivity contribution in [2.75, 3.05) is 0 Å². The van der Waals surface area contributed by atoms with Gasteiger partial charge in [-0.3, -0.25) is 0 Å². The second kappa shape index (κ2) is 13.3. The summed E-state index contributed by atoms with van der Waals surface area (Å²) in [5, 5.41) is 1.13. The second-order valence-electron chi connectivity index (χ2n) is 3.91. The van der Waals surface area contributed by atoms with Crippen molar-refractivity contribution in [3.05, 3.63) is 58.6 Å². The van der Waals surface area contributed by atoms with Gasteiger partial charge in [0.1, 0.15) is 0 Å². The van der Waals surface area contributed by atoms with Gasteiger partial charge in [0, 0.05) is 10.0 Å². The average molecular weight is 502 g/mol. The van der Waals surface area contributed by atoms with E-state index in [0.29, 0.717) is 19.8 Å². The zero-order valence-corrected chi connectivity index (χ0v) is 18.4. The van der Waals surface area contributed by atoms with Crippen LogP contribution in [0.15, 0.2) is 58.3 Å². The molecule has 4 nitrogen and oxygen atoms in total. The van der Waals surface area contributed by atoms with Crippen LogP contribution >= 0.6 is 23.2 Å². The molecule has 0 heterocycles. The Morgan fingerprint density at radius 2 is 0.957 bits per heavy atom. The van der Waals surface area contributed by atoms with Gasteiger partial charge in [-0.1, -0.05) is 23.2 Å². The van der Waals surface area contributed by atoms with Crippen molar-refractivity contribution in [2.45, 2.75) is 19.7 Å². The number of benzene rings is 2. The summed E-state index contributed by atoms with van der Waals surface area (Å²) in [4.78, 5) is 5.32. The van der Waals surface area contributed by atoms with Gasteiger partial charge in [0.25, 0.3) is 0 Å². The Balaban J connectivity index is 0.000000360. The van der Waals surface area contributed by atoms with E-state index in [9.17, 15) is 8.42 Å². The van der Waals surface area contributed by atoms with Crippen LogP contribution < -0.4 is 0 Å². The van der Waals surface area contributed by atoms with Crippen LogP contribution in [0.5, 0.6) is 0 Å². The van der Waals surface area contributed by atoms with E-state index in [4.69, 9.17) is 32.3 Å². The fraction of sp³-hybridized carbons (Fsp3) is 0.143. The van der Waals surface area contributed by atoms with Crippen LogP contribution in [-0.4, -0.2) is 38.7 Å². The summed E-state index contributed by atoms with van der Waals surface area (Å²) in [5.41, 5.74) is 0. The molecule has 23 heavy (non-hydrogen) atoms. The monoisotopic (exact) mass is 502 g/mol. The van der Waals surface area contributed by atoms with Crippen LogP contribution in [-0.2, 0) is 22.2 Å². The van der Waals surface area contributed by atoms with Gasteiger partial charge in [0.05, 0.1) is 9.79 Å². The van der Waals surface area contributed by atoms with Crippen LogP contribution in [0.2, 0.25) is 19.9 Å². The maximum atomic E-state index is 10.4. The molecule has 2 atom stereocenters. The second-order valence-corrected chi connectivity index (χ2v) is 9.57. The Morgan fingerprint density at radius 1 is 0.739 bits per heavy atom. The van der Waals surface area contributed by atoms with Crippen molar-refractivity contribution in [1.82, 2.24) is 0 Å². The zero-order valence-electron chi connectivity index (χ0n) is 12.4. The fourth-order valence-corrected chi connectivity index (χ4v) is 2.09. The van der Waals surface area contributed by atoms with Gasteiger partial charge >= 0.3 is 31.0 Å². The zero-order chi connectivity index (χ0) is 17.8. The molecule has 0 aromatic heterocycles.